The molecule has 2 bridgehead atoms. The molecule has 2 aliphatic carbocycles. The molecule has 2 fully saturated rings. The average Bonchev–Trinajstić information content (AvgIpc) is 3.35. The van der Waals surface area contributed by atoms with Gasteiger partial charge < -0.3 is 11.1 Å². The molecule has 2 aromatic carbocycles. The summed E-state index contributed by atoms with van der Waals surface area (Å²) >= 11 is 0. The van der Waals surface area contributed by atoms with E-state index in [2.05, 4.69) is 5.32 Å². The van der Waals surface area contributed by atoms with Gasteiger partial charge in [-0.05, 0) is 61.4 Å². The summed E-state index contributed by atoms with van der Waals surface area (Å²) in [7, 11) is 0. The molecule has 6 nitrogen and oxygen atoms in total. The molecule has 0 aromatic heterocycles. The van der Waals surface area contributed by atoms with Gasteiger partial charge in [0.1, 0.15) is 0 Å². The van der Waals surface area contributed by atoms with Crippen LogP contribution in [0.2, 0.25) is 0 Å². The highest BCUT2D eigenvalue weighted by Crippen LogP contribution is 2.48. The van der Waals surface area contributed by atoms with Crippen LogP contribution in [-0.4, -0.2) is 23.8 Å². The van der Waals surface area contributed by atoms with E-state index < -0.39 is 0 Å². The van der Waals surface area contributed by atoms with Crippen LogP contribution in [0.15, 0.2) is 48.5 Å². The molecule has 142 valence electrons. The number of nitrogens with one attached hydrogen (secondary N) is 1. The number of anilines is 2. The van der Waals surface area contributed by atoms with Crippen molar-refractivity contribution in [2.75, 3.05) is 10.2 Å². The van der Waals surface area contributed by atoms with E-state index in [0.29, 0.717) is 34.3 Å². The zero-order valence-electron chi connectivity index (χ0n) is 15.3. The molecular formula is C22H21N3O3. The van der Waals surface area contributed by atoms with Gasteiger partial charge in [-0.2, -0.15) is 0 Å². The van der Waals surface area contributed by atoms with Crippen LogP contribution in [0.4, 0.5) is 11.4 Å². The Balaban J connectivity index is 1.38. The fraction of sp³-hybridized carbons (Fsp3) is 0.318. The summed E-state index contributed by atoms with van der Waals surface area (Å²) in [6, 6.07) is 13.5. The Morgan fingerprint density at radius 2 is 1.64 bits per heavy atom. The zero-order chi connectivity index (χ0) is 19.4. The number of hydrogen-bond acceptors (Lipinski definition) is 4. The molecule has 4 atom stereocenters. The van der Waals surface area contributed by atoms with Gasteiger partial charge in [0, 0.05) is 11.7 Å². The number of carbonyl (C=O) groups is 3. The van der Waals surface area contributed by atoms with Crippen LogP contribution >= 0.6 is 0 Å². The second kappa shape index (κ2) is 6.27. The fourth-order valence-corrected chi connectivity index (χ4v) is 5.10. The lowest BCUT2D eigenvalue weighted by Crippen LogP contribution is -2.42. The Bertz CT molecular complexity index is 965. The second-order valence-electron chi connectivity index (χ2n) is 7.97. The van der Waals surface area contributed by atoms with Gasteiger partial charge in [0.2, 0.25) is 5.91 Å². The predicted octanol–water partition coefficient (Wildman–Crippen LogP) is 2.80. The van der Waals surface area contributed by atoms with Crippen molar-refractivity contribution < 1.29 is 14.4 Å². The number of carbonyl (C=O) groups excluding carboxylic acids is 3. The number of hydrogen-bond donors (Lipinski definition) is 2. The molecule has 0 spiro atoms. The highest BCUT2D eigenvalue weighted by Gasteiger charge is 2.49. The molecule has 28 heavy (non-hydrogen) atoms. The van der Waals surface area contributed by atoms with Gasteiger partial charge in [-0.25, -0.2) is 4.90 Å². The molecule has 4 unspecified atom stereocenters. The third kappa shape index (κ3) is 2.48. The third-order valence-corrected chi connectivity index (χ3v) is 6.45. The van der Waals surface area contributed by atoms with Gasteiger partial charge in [0.25, 0.3) is 11.8 Å². The van der Waals surface area contributed by atoms with Crippen LogP contribution in [0.5, 0.6) is 0 Å². The minimum absolute atomic E-state index is 0.0702. The lowest BCUT2D eigenvalue weighted by molar-refractivity contribution is -0.121. The van der Waals surface area contributed by atoms with Crippen molar-refractivity contribution in [2.24, 2.45) is 23.5 Å². The van der Waals surface area contributed by atoms with Gasteiger partial charge in [-0.15, -0.1) is 0 Å². The Morgan fingerprint density at radius 1 is 0.964 bits per heavy atom. The standard InChI is InChI=1S/C22H21N3O3/c23-19-13-9-8-12(10-13)18(19)20(26)24-14-4-3-5-15(11-14)25-21(27)16-6-1-2-7-17(16)22(25)28/h1-7,11-13,18-19H,8-10,23H2,(H,24,26). The van der Waals surface area contributed by atoms with E-state index in [1.54, 1.807) is 48.5 Å². The highest BCUT2D eigenvalue weighted by atomic mass is 16.2. The molecular weight excluding hydrogens is 354 g/mol. The highest BCUT2D eigenvalue weighted by molar-refractivity contribution is 6.34. The van der Waals surface area contributed by atoms with Crippen molar-refractivity contribution in [1.82, 2.24) is 0 Å². The van der Waals surface area contributed by atoms with Gasteiger partial charge >= 0.3 is 0 Å². The molecule has 5 rings (SSSR count). The van der Waals surface area contributed by atoms with E-state index in [1.807, 2.05) is 0 Å². The predicted molar refractivity (Wildman–Crippen MR) is 105 cm³/mol. The van der Waals surface area contributed by atoms with Crippen molar-refractivity contribution >= 4 is 29.1 Å². The van der Waals surface area contributed by atoms with Crippen molar-refractivity contribution in [3.63, 3.8) is 0 Å². The van der Waals surface area contributed by atoms with Gasteiger partial charge in [-0.1, -0.05) is 18.2 Å². The lowest BCUT2D eigenvalue weighted by Gasteiger charge is -2.27. The van der Waals surface area contributed by atoms with Gasteiger partial charge in [-0.3, -0.25) is 14.4 Å². The van der Waals surface area contributed by atoms with Crippen molar-refractivity contribution in [1.29, 1.82) is 0 Å². The number of nitrogens with zero attached hydrogens (tertiary/aromatic N) is 1. The molecule has 6 heteroatoms. The normalized spacial score (nSPS) is 28.0. The van der Waals surface area contributed by atoms with E-state index in [4.69, 9.17) is 5.73 Å². The summed E-state index contributed by atoms with van der Waals surface area (Å²) in [5, 5.41) is 2.95. The molecule has 0 radical (unpaired) electrons. The molecule has 3 N–H and O–H groups in total. The summed E-state index contributed by atoms with van der Waals surface area (Å²) in [6.07, 6.45) is 3.21. The van der Waals surface area contributed by atoms with Gasteiger partial charge in [0.05, 0.1) is 22.7 Å². The number of amides is 3. The Kier molecular flexibility index (Phi) is 3.84. The summed E-state index contributed by atoms with van der Waals surface area (Å²) < 4.78 is 0. The minimum atomic E-state index is -0.348. The van der Waals surface area contributed by atoms with Crippen LogP contribution in [0.3, 0.4) is 0 Å². The van der Waals surface area contributed by atoms with Crippen LogP contribution in [0.1, 0.15) is 40.0 Å². The van der Waals surface area contributed by atoms with Crippen molar-refractivity contribution in [3.05, 3.63) is 59.7 Å². The van der Waals surface area contributed by atoms with Crippen LogP contribution in [0, 0.1) is 17.8 Å². The summed E-state index contributed by atoms with van der Waals surface area (Å²) in [5.41, 5.74) is 8.08. The molecule has 2 aromatic rings. The van der Waals surface area contributed by atoms with Crippen LogP contribution in [-0.2, 0) is 4.79 Å². The maximum absolute atomic E-state index is 12.8. The molecule has 3 amide bonds. The van der Waals surface area contributed by atoms with Crippen LogP contribution < -0.4 is 16.0 Å². The fourth-order valence-electron chi connectivity index (χ4n) is 5.10. The first kappa shape index (κ1) is 17.1. The summed E-state index contributed by atoms with van der Waals surface area (Å²) in [6.45, 7) is 0. The first-order chi connectivity index (χ1) is 13.5. The Labute approximate surface area is 162 Å². The second-order valence-corrected chi connectivity index (χ2v) is 7.97. The monoisotopic (exact) mass is 375 g/mol. The number of benzene rings is 2. The zero-order valence-corrected chi connectivity index (χ0v) is 15.3. The number of rotatable bonds is 3. The van der Waals surface area contributed by atoms with E-state index in [0.717, 1.165) is 24.2 Å². The summed E-state index contributed by atoms with van der Waals surface area (Å²) in [4.78, 5) is 39.3. The van der Waals surface area contributed by atoms with E-state index >= 15 is 0 Å². The maximum atomic E-state index is 12.8. The molecule has 1 heterocycles. The lowest BCUT2D eigenvalue weighted by atomic mass is 9.84. The molecule has 3 aliphatic rings. The van der Waals surface area contributed by atoms with E-state index in [-0.39, 0.29) is 29.7 Å². The van der Waals surface area contributed by atoms with E-state index in [1.165, 1.54) is 0 Å². The Morgan fingerprint density at radius 3 is 2.29 bits per heavy atom. The smallest absolute Gasteiger partial charge is 0.266 e. The molecule has 1 aliphatic heterocycles. The minimum Gasteiger partial charge on any atom is -0.327 e. The largest absolute Gasteiger partial charge is 0.327 e. The first-order valence-corrected chi connectivity index (χ1v) is 9.69. The SMILES string of the molecule is NC1C2CCC(C2)C1C(=O)Nc1cccc(N2C(=O)c3ccccc3C2=O)c1. The maximum Gasteiger partial charge on any atom is 0.266 e. The summed E-state index contributed by atoms with van der Waals surface area (Å²) in [5.74, 6) is -0.121. The number of imide groups is 1. The quantitative estimate of drug-likeness (QED) is 0.807. The Hall–Kier alpha value is -2.99. The first-order valence-electron chi connectivity index (χ1n) is 9.69. The molecule has 2 saturated carbocycles. The van der Waals surface area contributed by atoms with Crippen LogP contribution in [0.25, 0.3) is 0 Å². The number of fused-ring (bicyclic) bond motifs is 3. The molecule has 0 saturated heterocycles. The van der Waals surface area contributed by atoms with Crippen molar-refractivity contribution in [3.8, 4) is 0 Å². The number of nitrogens with two attached hydrogens (primary N) is 1. The topological polar surface area (TPSA) is 92.5 Å². The average molecular weight is 375 g/mol. The third-order valence-electron chi connectivity index (χ3n) is 6.45. The van der Waals surface area contributed by atoms with Gasteiger partial charge in [0.15, 0.2) is 0 Å². The van der Waals surface area contributed by atoms with Crippen molar-refractivity contribution in [2.45, 2.75) is 25.3 Å². The van der Waals surface area contributed by atoms with E-state index in [9.17, 15) is 14.4 Å².